The van der Waals surface area contributed by atoms with Crippen molar-refractivity contribution in [1.82, 2.24) is 0 Å². The molecule has 0 aliphatic heterocycles. The van der Waals surface area contributed by atoms with Crippen molar-refractivity contribution >= 4 is 11.5 Å². The Balaban J connectivity index is 2.25. The number of nitrogens with one attached hydrogen (secondary N) is 1. The molecular weight excluding hydrogens is 222 g/mol. The van der Waals surface area contributed by atoms with Crippen LogP contribution in [0.15, 0.2) is 18.2 Å². The second kappa shape index (κ2) is 5.01. The van der Waals surface area contributed by atoms with Gasteiger partial charge in [0.15, 0.2) is 0 Å². The zero-order valence-electron chi connectivity index (χ0n) is 11.5. The van der Waals surface area contributed by atoms with E-state index < -0.39 is 0 Å². The normalized spacial score (nSPS) is 14.9. The number of amidine groups is 1. The molecule has 2 rings (SSSR count). The van der Waals surface area contributed by atoms with Crippen LogP contribution in [0.2, 0.25) is 0 Å². The van der Waals surface area contributed by atoms with Gasteiger partial charge in [-0.1, -0.05) is 13.8 Å². The summed E-state index contributed by atoms with van der Waals surface area (Å²) >= 11 is 0. The van der Waals surface area contributed by atoms with Crippen molar-refractivity contribution in [2.45, 2.75) is 39.7 Å². The first kappa shape index (κ1) is 12.9. The van der Waals surface area contributed by atoms with E-state index in [9.17, 15) is 0 Å². The highest BCUT2D eigenvalue weighted by Gasteiger charge is 2.29. The average molecular weight is 245 g/mol. The molecule has 3 heteroatoms. The number of hydrogen-bond acceptors (Lipinski definition) is 2. The highest BCUT2D eigenvalue weighted by molar-refractivity contribution is 5.96. The van der Waals surface area contributed by atoms with Gasteiger partial charge in [-0.15, -0.1) is 0 Å². The SMILES string of the molecule is Cc1cc(N(CC(C)C)C2CC2)ccc1C(=N)N. The number of hydrogen-bond donors (Lipinski definition) is 2. The molecule has 3 N–H and O–H groups in total. The first-order valence-electron chi connectivity index (χ1n) is 6.70. The van der Waals surface area contributed by atoms with Crippen molar-refractivity contribution in [3.05, 3.63) is 29.3 Å². The second-order valence-electron chi connectivity index (χ2n) is 5.69. The minimum atomic E-state index is 0.154. The molecule has 0 radical (unpaired) electrons. The van der Waals surface area contributed by atoms with Crippen LogP contribution < -0.4 is 10.6 Å². The van der Waals surface area contributed by atoms with Gasteiger partial charge >= 0.3 is 0 Å². The van der Waals surface area contributed by atoms with Crippen LogP contribution in [-0.4, -0.2) is 18.4 Å². The maximum absolute atomic E-state index is 7.53. The minimum absolute atomic E-state index is 0.154. The molecule has 3 nitrogen and oxygen atoms in total. The molecule has 0 spiro atoms. The summed E-state index contributed by atoms with van der Waals surface area (Å²) in [6.45, 7) is 7.64. The summed E-state index contributed by atoms with van der Waals surface area (Å²) in [4.78, 5) is 2.50. The first-order chi connectivity index (χ1) is 8.49. The fraction of sp³-hybridized carbons (Fsp3) is 0.533. The van der Waals surface area contributed by atoms with Gasteiger partial charge in [-0.05, 0) is 49.4 Å². The van der Waals surface area contributed by atoms with Crippen molar-refractivity contribution in [2.75, 3.05) is 11.4 Å². The Kier molecular flexibility index (Phi) is 3.60. The number of nitrogens with zero attached hydrogens (tertiary/aromatic N) is 1. The standard InChI is InChI=1S/C15H23N3/c1-10(2)9-18(12-4-5-12)13-6-7-14(15(16)17)11(3)8-13/h6-8,10,12H,4-5,9H2,1-3H3,(H3,16,17). The van der Waals surface area contributed by atoms with Gasteiger partial charge in [0.2, 0.25) is 0 Å². The molecule has 98 valence electrons. The van der Waals surface area contributed by atoms with Gasteiger partial charge in [-0.25, -0.2) is 0 Å². The van der Waals surface area contributed by atoms with Crippen LogP contribution in [-0.2, 0) is 0 Å². The fourth-order valence-corrected chi connectivity index (χ4v) is 2.37. The van der Waals surface area contributed by atoms with Gasteiger partial charge < -0.3 is 10.6 Å². The van der Waals surface area contributed by atoms with Crippen molar-refractivity contribution in [3.8, 4) is 0 Å². The molecule has 0 aromatic heterocycles. The van der Waals surface area contributed by atoms with Crippen molar-refractivity contribution < 1.29 is 0 Å². The number of aryl methyl sites for hydroxylation is 1. The summed E-state index contributed by atoms with van der Waals surface area (Å²) < 4.78 is 0. The Morgan fingerprint density at radius 3 is 2.56 bits per heavy atom. The van der Waals surface area contributed by atoms with E-state index in [0.717, 1.165) is 23.7 Å². The lowest BCUT2D eigenvalue weighted by Gasteiger charge is -2.27. The van der Waals surface area contributed by atoms with Crippen molar-refractivity contribution in [2.24, 2.45) is 11.7 Å². The highest BCUT2D eigenvalue weighted by Crippen LogP contribution is 2.33. The third kappa shape index (κ3) is 2.84. The van der Waals surface area contributed by atoms with Crippen LogP contribution >= 0.6 is 0 Å². The van der Waals surface area contributed by atoms with E-state index in [2.05, 4.69) is 30.9 Å². The smallest absolute Gasteiger partial charge is 0.123 e. The van der Waals surface area contributed by atoms with Crippen LogP contribution in [0.4, 0.5) is 5.69 Å². The van der Waals surface area contributed by atoms with Crippen LogP contribution in [0.1, 0.15) is 37.8 Å². The number of benzene rings is 1. The number of anilines is 1. The van der Waals surface area contributed by atoms with Gasteiger partial charge in [0.1, 0.15) is 5.84 Å². The quantitative estimate of drug-likeness (QED) is 0.619. The van der Waals surface area contributed by atoms with E-state index in [0.29, 0.717) is 5.92 Å². The third-order valence-corrected chi connectivity index (χ3v) is 3.38. The van der Waals surface area contributed by atoms with Crippen LogP contribution in [0, 0.1) is 18.3 Å². The van der Waals surface area contributed by atoms with Crippen LogP contribution in [0.3, 0.4) is 0 Å². The summed E-state index contributed by atoms with van der Waals surface area (Å²) in [6.07, 6.45) is 2.61. The van der Waals surface area contributed by atoms with Crippen LogP contribution in [0.25, 0.3) is 0 Å². The topological polar surface area (TPSA) is 53.1 Å². The van der Waals surface area contributed by atoms with E-state index in [-0.39, 0.29) is 5.84 Å². The molecular formula is C15H23N3. The molecule has 1 saturated carbocycles. The monoisotopic (exact) mass is 245 g/mol. The Bertz CT molecular complexity index is 447. The Morgan fingerprint density at radius 1 is 1.44 bits per heavy atom. The molecule has 1 fully saturated rings. The Labute approximate surface area is 109 Å². The van der Waals surface area contributed by atoms with Gasteiger partial charge in [0.25, 0.3) is 0 Å². The van der Waals surface area contributed by atoms with Gasteiger partial charge in [0, 0.05) is 23.8 Å². The lowest BCUT2D eigenvalue weighted by Crippen LogP contribution is -2.30. The summed E-state index contributed by atoms with van der Waals surface area (Å²) in [5, 5.41) is 7.53. The Hall–Kier alpha value is -1.51. The van der Waals surface area contributed by atoms with Gasteiger partial charge in [-0.2, -0.15) is 0 Å². The molecule has 18 heavy (non-hydrogen) atoms. The summed E-state index contributed by atoms with van der Waals surface area (Å²) in [5.41, 5.74) is 8.77. The second-order valence-corrected chi connectivity index (χ2v) is 5.69. The molecule has 0 heterocycles. The van der Waals surface area contributed by atoms with Crippen molar-refractivity contribution in [1.29, 1.82) is 5.41 Å². The van der Waals surface area contributed by atoms with Gasteiger partial charge in [-0.3, -0.25) is 5.41 Å². The molecule has 0 atom stereocenters. The van der Waals surface area contributed by atoms with Crippen LogP contribution in [0.5, 0.6) is 0 Å². The minimum Gasteiger partial charge on any atom is -0.384 e. The maximum atomic E-state index is 7.53. The largest absolute Gasteiger partial charge is 0.384 e. The Morgan fingerprint density at radius 2 is 2.11 bits per heavy atom. The number of rotatable bonds is 5. The van der Waals surface area contributed by atoms with E-state index in [1.807, 2.05) is 13.0 Å². The summed E-state index contributed by atoms with van der Waals surface area (Å²) in [7, 11) is 0. The van der Waals surface area contributed by atoms with Gasteiger partial charge in [0.05, 0.1) is 0 Å². The van der Waals surface area contributed by atoms with E-state index in [1.165, 1.54) is 18.5 Å². The predicted octanol–water partition coefficient (Wildman–Crippen LogP) is 2.90. The molecule has 0 saturated heterocycles. The van der Waals surface area contributed by atoms with E-state index in [1.54, 1.807) is 0 Å². The van der Waals surface area contributed by atoms with E-state index in [4.69, 9.17) is 11.1 Å². The third-order valence-electron chi connectivity index (χ3n) is 3.38. The number of nitrogen functional groups attached to an aromatic ring is 1. The zero-order valence-corrected chi connectivity index (χ0v) is 11.5. The highest BCUT2D eigenvalue weighted by atomic mass is 15.2. The predicted molar refractivity (Wildman–Crippen MR) is 77.4 cm³/mol. The molecule has 1 aliphatic carbocycles. The first-order valence-corrected chi connectivity index (χ1v) is 6.70. The summed E-state index contributed by atoms with van der Waals surface area (Å²) in [6, 6.07) is 6.96. The molecule has 1 aromatic rings. The lowest BCUT2D eigenvalue weighted by atomic mass is 10.1. The van der Waals surface area contributed by atoms with Crippen molar-refractivity contribution in [3.63, 3.8) is 0 Å². The number of nitrogens with two attached hydrogens (primary N) is 1. The molecule has 1 aliphatic rings. The van der Waals surface area contributed by atoms with E-state index >= 15 is 0 Å². The fourth-order valence-electron chi connectivity index (χ4n) is 2.37. The molecule has 0 amide bonds. The zero-order chi connectivity index (χ0) is 13.3. The maximum Gasteiger partial charge on any atom is 0.123 e. The lowest BCUT2D eigenvalue weighted by molar-refractivity contribution is 0.607. The molecule has 0 bridgehead atoms. The molecule has 1 aromatic carbocycles. The average Bonchev–Trinajstić information content (AvgIpc) is 3.08. The summed E-state index contributed by atoms with van der Waals surface area (Å²) in [5.74, 6) is 0.819. The molecule has 0 unspecified atom stereocenters.